The molecule has 0 aromatic rings. The smallest absolute Gasteiger partial charge is 0.144 e. The van der Waals surface area contributed by atoms with Crippen LogP contribution >= 0.6 is 0 Å². The van der Waals surface area contributed by atoms with Crippen LogP contribution in [0.1, 0.15) is 12.8 Å². The molecule has 1 aliphatic rings. The molecule has 2 atom stereocenters. The molecular formula is C6H14BN3O2. The highest BCUT2D eigenvalue weighted by atomic mass is 16.5. The van der Waals surface area contributed by atoms with Gasteiger partial charge in [-0.25, -0.2) is 0 Å². The van der Waals surface area contributed by atoms with Crippen molar-refractivity contribution in [2.45, 2.75) is 30.9 Å². The van der Waals surface area contributed by atoms with Gasteiger partial charge >= 0.3 is 0 Å². The van der Waals surface area contributed by atoms with Crippen molar-refractivity contribution in [3.8, 4) is 0 Å². The van der Waals surface area contributed by atoms with Gasteiger partial charge in [-0.05, 0) is 12.8 Å². The quantitative estimate of drug-likeness (QED) is 0.285. The summed E-state index contributed by atoms with van der Waals surface area (Å²) in [5.74, 6) is 0. The standard InChI is InChI=1S/C6H14BN3O2/c7-4-1-2-6(3-11,12-4)10-5(8)9/h4-5,10-11H,1-3,8-9H2/t4?,6-/m0/s1. The maximum Gasteiger partial charge on any atom is 0.144 e. The maximum absolute atomic E-state index is 9.03. The van der Waals surface area contributed by atoms with Crippen LogP contribution in [-0.4, -0.2) is 37.6 Å². The SMILES string of the molecule is [B]C1CC[C@](CO)(NC(N)N)O1. The van der Waals surface area contributed by atoms with Gasteiger partial charge in [0.25, 0.3) is 0 Å². The van der Waals surface area contributed by atoms with E-state index in [-0.39, 0.29) is 12.6 Å². The molecule has 1 unspecified atom stereocenters. The maximum atomic E-state index is 9.03. The first-order valence-corrected chi connectivity index (χ1v) is 3.91. The normalized spacial score (nSPS) is 36.2. The lowest BCUT2D eigenvalue weighted by Gasteiger charge is -2.30. The van der Waals surface area contributed by atoms with E-state index in [0.29, 0.717) is 12.8 Å². The van der Waals surface area contributed by atoms with E-state index in [1.807, 2.05) is 0 Å². The van der Waals surface area contributed by atoms with Crippen LogP contribution in [0.5, 0.6) is 0 Å². The Kier molecular flexibility index (Phi) is 3.08. The summed E-state index contributed by atoms with van der Waals surface area (Å²) in [6, 6.07) is -0.344. The lowest BCUT2D eigenvalue weighted by Crippen LogP contribution is -2.59. The Hall–Kier alpha value is -0.135. The Bertz CT molecular complexity index is 158. The van der Waals surface area contributed by atoms with E-state index < -0.39 is 12.0 Å². The highest BCUT2D eigenvalue weighted by Gasteiger charge is 2.38. The molecule has 6 N–H and O–H groups in total. The van der Waals surface area contributed by atoms with Crippen LogP contribution in [0.15, 0.2) is 0 Å². The lowest BCUT2D eigenvalue weighted by molar-refractivity contribution is -0.0805. The number of hydrogen-bond donors (Lipinski definition) is 4. The Labute approximate surface area is 72.8 Å². The van der Waals surface area contributed by atoms with Crippen molar-refractivity contribution < 1.29 is 9.84 Å². The summed E-state index contributed by atoms with van der Waals surface area (Å²) in [6.07, 6.45) is 0.609. The Morgan fingerprint density at radius 2 is 2.42 bits per heavy atom. The predicted molar refractivity (Wildman–Crippen MR) is 45.0 cm³/mol. The van der Waals surface area contributed by atoms with E-state index in [1.165, 1.54) is 0 Å². The van der Waals surface area contributed by atoms with Crippen LogP contribution in [0, 0.1) is 0 Å². The van der Waals surface area contributed by atoms with Gasteiger partial charge in [-0.1, -0.05) is 0 Å². The summed E-state index contributed by atoms with van der Waals surface area (Å²) in [4.78, 5) is 0. The summed E-state index contributed by atoms with van der Waals surface area (Å²) in [5.41, 5.74) is 9.79. The van der Waals surface area contributed by atoms with E-state index in [4.69, 9.17) is 29.2 Å². The van der Waals surface area contributed by atoms with Gasteiger partial charge in [0.15, 0.2) is 0 Å². The minimum Gasteiger partial charge on any atom is -0.392 e. The summed E-state index contributed by atoms with van der Waals surface area (Å²) in [5, 5.41) is 11.8. The summed E-state index contributed by atoms with van der Waals surface area (Å²) < 4.78 is 5.27. The molecule has 0 aromatic carbocycles. The first-order chi connectivity index (χ1) is 5.58. The van der Waals surface area contributed by atoms with Crippen LogP contribution in [-0.2, 0) is 4.74 Å². The van der Waals surface area contributed by atoms with Crippen molar-refractivity contribution in [2.24, 2.45) is 11.5 Å². The number of nitrogens with two attached hydrogens (primary N) is 2. The first kappa shape index (κ1) is 9.95. The molecular weight excluding hydrogens is 157 g/mol. The van der Waals surface area contributed by atoms with Gasteiger partial charge in [0.1, 0.15) is 19.9 Å². The number of aliphatic hydroxyl groups is 1. The number of aliphatic hydroxyl groups excluding tert-OH is 1. The number of nitrogens with one attached hydrogen (secondary N) is 1. The fourth-order valence-electron chi connectivity index (χ4n) is 1.35. The second-order valence-electron chi connectivity index (χ2n) is 3.02. The van der Waals surface area contributed by atoms with Gasteiger partial charge < -0.3 is 21.3 Å². The zero-order valence-electron chi connectivity index (χ0n) is 6.86. The molecule has 1 saturated heterocycles. The highest BCUT2D eigenvalue weighted by molar-refractivity contribution is 6.11. The van der Waals surface area contributed by atoms with Crippen molar-refractivity contribution in [3.05, 3.63) is 0 Å². The zero-order chi connectivity index (χ0) is 9.19. The first-order valence-electron chi connectivity index (χ1n) is 3.91. The van der Waals surface area contributed by atoms with Crippen molar-refractivity contribution in [1.82, 2.24) is 5.32 Å². The zero-order valence-corrected chi connectivity index (χ0v) is 6.86. The van der Waals surface area contributed by atoms with Crippen LogP contribution in [0.25, 0.3) is 0 Å². The molecule has 0 aromatic heterocycles. The van der Waals surface area contributed by atoms with Crippen molar-refractivity contribution in [2.75, 3.05) is 6.61 Å². The number of hydrogen-bond acceptors (Lipinski definition) is 5. The average Bonchev–Trinajstić information content (AvgIpc) is 2.32. The minimum atomic E-state index is -0.840. The van der Waals surface area contributed by atoms with Crippen LogP contribution in [0.3, 0.4) is 0 Å². The Morgan fingerprint density at radius 3 is 2.75 bits per heavy atom. The Morgan fingerprint density at radius 1 is 1.75 bits per heavy atom. The summed E-state index contributed by atoms with van der Waals surface area (Å²) in [6.45, 7) is -0.175. The monoisotopic (exact) mass is 171 g/mol. The van der Waals surface area contributed by atoms with Crippen molar-refractivity contribution >= 4 is 7.85 Å². The van der Waals surface area contributed by atoms with Gasteiger partial charge in [-0.2, -0.15) is 0 Å². The molecule has 0 amide bonds. The number of ether oxygens (including phenoxy) is 1. The van der Waals surface area contributed by atoms with Gasteiger partial charge in [0, 0.05) is 6.00 Å². The second kappa shape index (κ2) is 3.72. The molecule has 1 heterocycles. The van der Waals surface area contributed by atoms with Gasteiger partial charge in [-0.3, -0.25) is 5.32 Å². The number of rotatable bonds is 3. The van der Waals surface area contributed by atoms with Gasteiger partial charge in [0.05, 0.1) is 6.61 Å². The van der Waals surface area contributed by atoms with E-state index in [9.17, 15) is 0 Å². The molecule has 12 heavy (non-hydrogen) atoms. The highest BCUT2D eigenvalue weighted by Crippen LogP contribution is 2.25. The fraction of sp³-hybridized carbons (Fsp3) is 1.00. The lowest BCUT2D eigenvalue weighted by atomic mass is 9.97. The molecule has 0 bridgehead atoms. The topological polar surface area (TPSA) is 93.5 Å². The fourth-order valence-corrected chi connectivity index (χ4v) is 1.35. The molecule has 1 rings (SSSR count). The second-order valence-corrected chi connectivity index (χ2v) is 3.02. The van der Waals surface area contributed by atoms with Crippen LogP contribution in [0.2, 0.25) is 0 Å². The molecule has 1 aliphatic heterocycles. The molecule has 2 radical (unpaired) electrons. The van der Waals surface area contributed by atoms with Gasteiger partial charge in [-0.15, -0.1) is 0 Å². The Balaban J connectivity index is 2.52. The van der Waals surface area contributed by atoms with Crippen LogP contribution < -0.4 is 16.8 Å². The average molecular weight is 171 g/mol. The molecule has 0 spiro atoms. The molecule has 5 nitrogen and oxygen atoms in total. The molecule has 6 heteroatoms. The minimum absolute atomic E-state index is 0.175. The molecule has 0 saturated carbocycles. The third-order valence-electron chi connectivity index (χ3n) is 1.89. The van der Waals surface area contributed by atoms with Crippen LogP contribution in [0.4, 0.5) is 0 Å². The largest absolute Gasteiger partial charge is 0.392 e. The van der Waals surface area contributed by atoms with E-state index >= 15 is 0 Å². The molecule has 0 aliphatic carbocycles. The van der Waals surface area contributed by atoms with E-state index in [2.05, 4.69) is 5.32 Å². The third-order valence-corrected chi connectivity index (χ3v) is 1.89. The van der Waals surface area contributed by atoms with Crippen molar-refractivity contribution in [3.63, 3.8) is 0 Å². The third kappa shape index (κ3) is 2.18. The summed E-state index contributed by atoms with van der Waals surface area (Å²) >= 11 is 0. The molecule has 68 valence electrons. The van der Waals surface area contributed by atoms with E-state index in [1.54, 1.807) is 0 Å². The van der Waals surface area contributed by atoms with E-state index in [0.717, 1.165) is 0 Å². The van der Waals surface area contributed by atoms with Gasteiger partial charge in [0.2, 0.25) is 0 Å². The molecule has 1 fully saturated rings. The predicted octanol–water partition coefficient (Wildman–Crippen LogP) is -2.23. The summed E-state index contributed by atoms with van der Waals surface area (Å²) in [7, 11) is 5.51. The van der Waals surface area contributed by atoms with Crippen molar-refractivity contribution in [1.29, 1.82) is 0 Å².